The minimum atomic E-state index is -0.382. The van der Waals surface area contributed by atoms with Crippen molar-refractivity contribution in [3.63, 3.8) is 0 Å². The highest BCUT2D eigenvalue weighted by atomic mass is 79.9. The number of halogens is 1. The molecule has 1 heterocycles. The maximum absolute atomic E-state index is 9.60. The number of aliphatic hydroxyl groups is 1. The predicted molar refractivity (Wildman–Crippen MR) is 62.8 cm³/mol. The molecule has 0 fully saturated rings. The van der Waals surface area contributed by atoms with E-state index in [1.165, 1.54) is 4.88 Å². The summed E-state index contributed by atoms with van der Waals surface area (Å²) < 4.78 is 6.35. The maximum atomic E-state index is 9.60. The average molecular weight is 279 g/mol. The van der Waals surface area contributed by atoms with Crippen LogP contribution >= 0.6 is 27.3 Å². The van der Waals surface area contributed by atoms with Gasteiger partial charge in [0, 0.05) is 27.8 Å². The Morgan fingerprint density at radius 3 is 3.00 bits per heavy atom. The van der Waals surface area contributed by atoms with Crippen LogP contribution in [0, 0.1) is 0 Å². The summed E-state index contributed by atoms with van der Waals surface area (Å²) in [6.45, 7) is 3.22. The number of rotatable bonds is 6. The van der Waals surface area contributed by atoms with Crippen LogP contribution in [0.3, 0.4) is 0 Å². The lowest BCUT2D eigenvalue weighted by Gasteiger charge is -2.09. The standard InChI is InChI=1S/C10H15BrO2S/c1-2-3-13-6-9(12)5-10-4-8(11)7-14-10/h4,7,9,12H,2-3,5-6H2,1H3. The van der Waals surface area contributed by atoms with E-state index in [0.717, 1.165) is 17.5 Å². The minimum Gasteiger partial charge on any atom is -0.390 e. The molecule has 1 rings (SSSR count). The molecule has 1 aromatic heterocycles. The van der Waals surface area contributed by atoms with E-state index in [-0.39, 0.29) is 6.10 Å². The van der Waals surface area contributed by atoms with Crippen molar-refractivity contribution in [1.82, 2.24) is 0 Å². The smallest absolute Gasteiger partial charge is 0.0821 e. The van der Waals surface area contributed by atoms with Crippen LogP contribution in [0.4, 0.5) is 0 Å². The topological polar surface area (TPSA) is 29.5 Å². The molecule has 0 bridgehead atoms. The third-order valence-corrected chi connectivity index (χ3v) is 3.44. The van der Waals surface area contributed by atoms with E-state index in [9.17, 15) is 5.11 Å². The van der Waals surface area contributed by atoms with Crippen LogP contribution < -0.4 is 0 Å². The van der Waals surface area contributed by atoms with E-state index >= 15 is 0 Å². The summed E-state index contributed by atoms with van der Waals surface area (Å²) in [6, 6.07) is 2.04. The van der Waals surface area contributed by atoms with Crippen molar-refractivity contribution < 1.29 is 9.84 Å². The van der Waals surface area contributed by atoms with Gasteiger partial charge in [-0.25, -0.2) is 0 Å². The van der Waals surface area contributed by atoms with Crippen LogP contribution in [-0.2, 0) is 11.2 Å². The molecule has 0 aliphatic carbocycles. The van der Waals surface area contributed by atoms with Crippen LogP contribution in [0.15, 0.2) is 15.9 Å². The van der Waals surface area contributed by atoms with Gasteiger partial charge in [-0.15, -0.1) is 11.3 Å². The fourth-order valence-electron chi connectivity index (χ4n) is 1.12. The number of aliphatic hydroxyl groups excluding tert-OH is 1. The van der Waals surface area contributed by atoms with Gasteiger partial charge >= 0.3 is 0 Å². The molecular weight excluding hydrogens is 264 g/mol. The Labute approximate surface area is 97.0 Å². The lowest BCUT2D eigenvalue weighted by Crippen LogP contribution is -2.17. The lowest BCUT2D eigenvalue weighted by atomic mass is 10.2. The molecule has 0 spiro atoms. The van der Waals surface area contributed by atoms with Crippen molar-refractivity contribution in [2.75, 3.05) is 13.2 Å². The molecule has 1 atom stereocenters. The second-order valence-electron chi connectivity index (χ2n) is 3.16. The van der Waals surface area contributed by atoms with E-state index in [0.29, 0.717) is 13.0 Å². The Kier molecular flexibility index (Phi) is 5.70. The first-order valence-electron chi connectivity index (χ1n) is 4.71. The quantitative estimate of drug-likeness (QED) is 0.811. The monoisotopic (exact) mass is 278 g/mol. The van der Waals surface area contributed by atoms with Gasteiger partial charge in [0.05, 0.1) is 12.7 Å². The summed E-state index contributed by atoms with van der Waals surface area (Å²) in [5, 5.41) is 11.6. The number of ether oxygens (including phenoxy) is 1. The molecule has 0 aliphatic rings. The van der Waals surface area contributed by atoms with Gasteiger partial charge in [0.2, 0.25) is 0 Å². The lowest BCUT2D eigenvalue weighted by molar-refractivity contribution is 0.0378. The Morgan fingerprint density at radius 1 is 1.64 bits per heavy atom. The number of hydrogen-bond acceptors (Lipinski definition) is 3. The molecule has 0 radical (unpaired) electrons. The Bertz CT molecular complexity index is 262. The molecule has 0 amide bonds. The van der Waals surface area contributed by atoms with Crippen LogP contribution in [0.5, 0.6) is 0 Å². The highest BCUT2D eigenvalue weighted by molar-refractivity contribution is 9.10. The van der Waals surface area contributed by atoms with Gasteiger partial charge < -0.3 is 9.84 Å². The minimum absolute atomic E-state index is 0.382. The zero-order valence-electron chi connectivity index (χ0n) is 8.20. The Hall–Kier alpha value is 0.1000. The van der Waals surface area contributed by atoms with E-state index in [4.69, 9.17) is 4.74 Å². The van der Waals surface area contributed by atoms with E-state index in [1.807, 2.05) is 11.4 Å². The molecule has 0 aromatic carbocycles. The van der Waals surface area contributed by atoms with E-state index in [2.05, 4.69) is 22.9 Å². The first kappa shape index (κ1) is 12.2. The summed E-state index contributed by atoms with van der Waals surface area (Å²) in [7, 11) is 0. The molecule has 1 N–H and O–H groups in total. The van der Waals surface area contributed by atoms with Crippen LogP contribution in [0.25, 0.3) is 0 Å². The van der Waals surface area contributed by atoms with Gasteiger partial charge in [0.1, 0.15) is 0 Å². The van der Waals surface area contributed by atoms with Crippen LogP contribution in [0.1, 0.15) is 18.2 Å². The highest BCUT2D eigenvalue weighted by Crippen LogP contribution is 2.20. The van der Waals surface area contributed by atoms with Gasteiger partial charge in [-0.3, -0.25) is 0 Å². The summed E-state index contributed by atoms with van der Waals surface area (Å²) in [5.74, 6) is 0. The van der Waals surface area contributed by atoms with Crippen LogP contribution in [-0.4, -0.2) is 24.4 Å². The summed E-state index contributed by atoms with van der Waals surface area (Å²) in [4.78, 5) is 1.18. The van der Waals surface area contributed by atoms with Crippen molar-refractivity contribution in [3.05, 3.63) is 20.8 Å². The zero-order chi connectivity index (χ0) is 10.4. The SMILES string of the molecule is CCCOCC(O)Cc1cc(Br)cs1. The predicted octanol–water partition coefficient (Wildman–Crippen LogP) is 2.84. The fourth-order valence-corrected chi connectivity index (χ4v) is 2.64. The van der Waals surface area contributed by atoms with Gasteiger partial charge in [0.15, 0.2) is 0 Å². The molecule has 0 saturated carbocycles. The zero-order valence-corrected chi connectivity index (χ0v) is 10.6. The Balaban J connectivity index is 2.23. The molecule has 4 heteroatoms. The second-order valence-corrected chi connectivity index (χ2v) is 5.08. The average Bonchev–Trinajstić information content (AvgIpc) is 2.52. The second kappa shape index (κ2) is 6.56. The molecule has 0 saturated heterocycles. The van der Waals surface area contributed by atoms with Gasteiger partial charge in [0.25, 0.3) is 0 Å². The third-order valence-electron chi connectivity index (χ3n) is 1.72. The molecule has 14 heavy (non-hydrogen) atoms. The summed E-state index contributed by atoms with van der Waals surface area (Å²) in [6.07, 6.45) is 1.30. The van der Waals surface area contributed by atoms with Gasteiger partial charge in [-0.05, 0) is 28.4 Å². The molecule has 0 aliphatic heterocycles. The first-order valence-corrected chi connectivity index (χ1v) is 6.38. The molecule has 2 nitrogen and oxygen atoms in total. The van der Waals surface area contributed by atoms with Crippen LogP contribution in [0.2, 0.25) is 0 Å². The number of hydrogen-bond donors (Lipinski definition) is 1. The van der Waals surface area contributed by atoms with E-state index in [1.54, 1.807) is 11.3 Å². The molecule has 1 unspecified atom stereocenters. The highest BCUT2D eigenvalue weighted by Gasteiger charge is 2.07. The molecule has 1 aromatic rings. The third kappa shape index (κ3) is 4.55. The van der Waals surface area contributed by atoms with Crippen molar-refractivity contribution in [1.29, 1.82) is 0 Å². The first-order chi connectivity index (χ1) is 6.72. The summed E-state index contributed by atoms with van der Waals surface area (Å²) in [5.41, 5.74) is 0. The van der Waals surface area contributed by atoms with Gasteiger partial charge in [-0.2, -0.15) is 0 Å². The van der Waals surface area contributed by atoms with Crippen molar-refractivity contribution in [3.8, 4) is 0 Å². The van der Waals surface area contributed by atoms with Crippen molar-refractivity contribution in [2.24, 2.45) is 0 Å². The van der Waals surface area contributed by atoms with Crippen molar-refractivity contribution >= 4 is 27.3 Å². The largest absolute Gasteiger partial charge is 0.390 e. The fraction of sp³-hybridized carbons (Fsp3) is 0.600. The Morgan fingerprint density at radius 2 is 2.43 bits per heavy atom. The molecular formula is C10H15BrO2S. The number of thiophene rings is 1. The van der Waals surface area contributed by atoms with E-state index < -0.39 is 0 Å². The van der Waals surface area contributed by atoms with Crippen molar-refractivity contribution in [2.45, 2.75) is 25.9 Å². The summed E-state index contributed by atoms with van der Waals surface area (Å²) >= 11 is 5.04. The van der Waals surface area contributed by atoms with Gasteiger partial charge in [-0.1, -0.05) is 6.92 Å². The maximum Gasteiger partial charge on any atom is 0.0821 e. The normalized spacial score (nSPS) is 13.1. The molecule has 80 valence electrons.